The molecule has 0 spiro atoms. The van der Waals surface area contributed by atoms with E-state index in [9.17, 15) is 4.79 Å². The van der Waals surface area contributed by atoms with Gasteiger partial charge in [-0.05, 0) is 64.1 Å². The summed E-state index contributed by atoms with van der Waals surface area (Å²) in [6, 6.07) is 20.1. The molecule has 0 atom stereocenters. The van der Waals surface area contributed by atoms with E-state index in [0.717, 1.165) is 32.1 Å². The van der Waals surface area contributed by atoms with Crippen molar-refractivity contribution in [2.45, 2.75) is 45.4 Å². The summed E-state index contributed by atoms with van der Waals surface area (Å²) < 4.78 is 4.98. The zero-order valence-corrected chi connectivity index (χ0v) is 16.0. The number of carbonyl (C=O) groups excluding carboxylic acids is 1. The van der Waals surface area contributed by atoms with Crippen LogP contribution in [0.1, 0.15) is 44.6 Å². The van der Waals surface area contributed by atoms with Gasteiger partial charge in [0.1, 0.15) is 0 Å². The highest BCUT2D eigenvalue weighted by atomic mass is 16.5. The summed E-state index contributed by atoms with van der Waals surface area (Å²) in [6.45, 7) is 2.34. The molecule has 4 aromatic carbocycles. The fourth-order valence-corrected chi connectivity index (χ4v) is 4.19. The molecule has 4 aromatic rings. The van der Waals surface area contributed by atoms with Gasteiger partial charge in [0.05, 0.1) is 6.61 Å². The molecule has 0 aliphatic carbocycles. The molecule has 2 heteroatoms. The van der Waals surface area contributed by atoms with E-state index in [1.54, 1.807) is 0 Å². The molecule has 27 heavy (non-hydrogen) atoms. The zero-order valence-electron chi connectivity index (χ0n) is 16.0. The first-order chi connectivity index (χ1) is 13.3. The fourth-order valence-electron chi connectivity index (χ4n) is 4.19. The molecule has 0 saturated carbocycles. The maximum atomic E-state index is 11.4. The normalized spacial score (nSPS) is 11.6. The second kappa shape index (κ2) is 7.96. The molecule has 0 N–H and O–H groups in total. The largest absolute Gasteiger partial charge is 0.466 e. The van der Waals surface area contributed by atoms with Gasteiger partial charge in [-0.25, -0.2) is 0 Å². The van der Waals surface area contributed by atoms with Crippen molar-refractivity contribution >= 4 is 38.3 Å². The molecule has 0 radical (unpaired) electrons. The van der Waals surface area contributed by atoms with E-state index >= 15 is 0 Å². The summed E-state index contributed by atoms with van der Waals surface area (Å²) >= 11 is 0. The van der Waals surface area contributed by atoms with Gasteiger partial charge in [-0.3, -0.25) is 4.79 Å². The molecule has 0 aliphatic heterocycles. The Morgan fingerprint density at radius 3 is 2.22 bits per heavy atom. The number of ether oxygens (including phenoxy) is 1. The van der Waals surface area contributed by atoms with Gasteiger partial charge >= 0.3 is 5.97 Å². The Morgan fingerprint density at radius 1 is 0.778 bits per heavy atom. The minimum absolute atomic E-state index is 0.0655. The van der Waals surface area contributed by atoms with Crippen molar-refractivity contribution in [3.63, 3.8) is 0 Å². The summed E-state index contributed by atoms with van der Waals surface area (Å²) in [5, 5.41) is 8.16. The highest BCUT2D eigenvalue weighted by Gasteiger charge is 2.10. The second-order valence-electron chi connectivity index (χ2n) is 7.30. The monoisotopic (exact) mass is 358 g/mol. The third-order valence-corrected chi connectivity index (χ3v) is 5.50. The number of aryl methyl sites for hydroxylation is 1. The van der Waals surface area contributed by atoms with Gasteiger partial charge in [0.25, 0.3) is 0 Å². The number of hydrogen-bond acceptors (Lipinski definition) is 2. The van der Waals surface area contributed by atoms with Crippen LogP contribution < -0.4 is 0 Å². The predicted octanol–water partition coefficient (Wildman–Crippen LogP) is 6.64. The Bertz CT molecular complexity index is 1050. The summed E-state index contributed by atoms with van der Waals surface area (Å²) in [6.07, 6.45) is 5.97. The second-order valence-corrected chi connectivity index (χ2v) is 7.30. The van der Waals surface area contributed by atoms with Crippen LogP contribution in [0.2, 0.25) is 0 Å². The quantitative estimate of drug-likeness (QED) is 0.200. The summed E-state index contributed by atoms with van der Waals surface area (Å²) in [5.74, 6) is -0.0655. The van der Waals surface area contributed by atoms with Crippen molar-refractivity contribution in [1.82, 2.24) is 0 Å². The average molecular weight is 358 g/mol. The lowest BCUT2D eigenvalue weighted by Crippen LogP contribution is -2.03. The number of esters is 1. The number of hydrogen-bond donors (Lipinski definition) is 0. The number of benzene rings is 4. The third kappa shape index (κ3) is 3.62. The smallest absolute Gasteiger partial charge is 0.305 e. The molecule has 4 rings (SSSR count). The first-order valence-corrected chi connectivity index (χ1v) is 10.1. The van der Waals surface area contributed by atoms with Crippen molar-refractivity contribution in [2.75, 3.05) is 6.61 Å². The van der Waals surface area contributed by atoms with Crippen LogP contribution in [0.3, 0.4) is 0 Å². The highest BCUT2D eigenvalue weighted by molar-refractivity contribution is 6.23. The summed E-state index contributed by atoms with van der Waals surface area (Å²) in [4.78, 5) is 11.4. The Labute approximate surface area is 160 Å². The Kier molecular flexibility index (Phi) is 5.24. The maximum Gasteiger partial charge on any atom is 0.305 e. The van der Waals surface area contributed by atoms with Crippen molar-refractivity contribution < 1.29 is 9.53 Å². The van der Waals surface area contributed by atoms with Gasteiger partial charge in [-0.1, -0.05) is 67.4 Å². The van der Waals surface area contributed by atoms with Gasteiger partial charge in [0.15, 0.2) is 0 Å². The fraction of sp³-hybridized carbons (Fsp3) is 0.320. The molecule has 2 nitrogen and oxygen atoms in total. The molecule has 0 unspecified atom stereocenters. The predicted molar refractivity (Wildman–Crippen MR) is 114 cm³/mol. The van der Waals surface area contributed by atoms with E-state index in [1.165, 1.54) is 37.9 Å². The molecular formula is C25H26O2. The van der Waals surface area contributed by atoms with Gasteiger partial charge in [-0.15, -0.1) is 0 Å². The molecule has 0 aromatic heterocycles. The van der Waals surface area contributed by atoms with Crippen LogP contribution in [-0.2, 0) is 16.0 Å². The molecule has 0 aliphatic rings. The van der Waals surface area contributed by atoms with Gasteiger partial charge in [-0.2, -0.15) is 0 Å². The average Bonchev–Trinajstić information content (AvgIpc) is 2.69. The van der Waals surface area contributed by atoms with E-state index < -0.39 is 0 Å². The van der Waals surface area contributed by atoms with Crippen LogP contribution in [0.4, 0.5) is 0 Å². The molecule has 0 amide bonds. The standard InChI is InChI=1S/C25H26O2/c1-2-27-23(26)11-6-4-3-5-8-18-12-13-21-15-14-19-9-7-10-20-16-17-22(18)25(21)24(19)20/h7,9-10,12-17H,2-6,8,11H2,1H3. The molecule has 0 fully saturated rings. The SMILES string of the molecule is CCOC(=O)CCCCCCc1ccc2ccc3cccc4ccc1c2c34. The van der Waals surface area contributed by atoms with E-state index in [0.29, 0.717) is 13.0 Å². The van der Waals surface area contributed by atoms with Crippen LogP contribution in [0.25, 0.3) is 32.3 Å². The van der Waals surface area contributed by atoms with Crippen LogP contribution in [0.5, 0.6) is 0 Å². The minimum atomic E-state index is -0.0655. The van der Waals surface area contributed by atoms with Gasteiger partial charge in [0, 0.05) is 6.42 Å². The van der Waals surface area contributed by atoms with Gasteiger partial charge in [0.2, 0.25) is 0 Å². The van der Waals surface area contributed by atoms with Crippen LogP contribution in [0.15, 0.2) is 54.6 Å². The summed E-state index contributed by atoms with van der Waals surface area (Å²) in [5.41, 5.74) is 1.44. The number of rotatable bonds is 8. The Balaban J connectivity index is 1.47. The topological polar surface area (TPSA) is 26.3 Å². The van der Waals surface area contributed by atoms with Crippen molar-refractivity contribution in [1.29, 1.82) is 0 Å². The highest BCUT2D eigenvalue weighted by Crippen LogP contribution is 2.36. The van der Waals surface area contributed by atoms with Crippen LogP contribution >= 0.6 is 0 Å². The summed E-state index contributed by atoms with van der Waals surface area (Å²) in [7, 11) is 0. The lowest BCUT2D eigenvalue weighted by Gasteiger charge is -2.14. The Morgan fingerprint density at radius 2 is 1.44 bits per heavy atom. The van der Waals surface area contributed by atoms with E-state index in [1.807, 2.05) is 6.92 Å². The van der Waals surface area contributed by atoms with E-state index in [4.69, 9.17) is 4.74 Å². The van der Waals surface area contributed by atoms with Crippen molar-refractivity contribution in [2.24, 2.45) is 0 Å². The molecule has 0 bridgehead atoms. The van der Waals surface area contributed by atoms with E-state index in [2.05, 4.69) is 54.6 Å². The van der Waals surface area contributed by atoms with Crippen LogP contribution in [-0.4, -0.2) is 12.6 Å². The molecule has 0 saturated heterocycles. The first kappa shape index (κ1) is 17.8. The van der Waals surface area contributed by atoms with Crippen molar-refractivity contribution in [3.05, 3.63) is 60.2 Å². The molecular weight excluding hydrogens is 332 g/mol. The number of carbonyl (C=O) groups is 1. The lowest BCUT2D eigenvalue weighted by molar-refractivity contribution is -0.143. The Hall–Kier alpha value is -2.61. The lowest BCUT2D eigenvalue weighted by atomic mass is 9.90. The minimum Gasteiger partial charge on any atom is -0.466 e. The van der Waals surface area contributed by atoms with E-state index in [-0.39, 0.29) is 5.97 Å². The third-order valence-electron chi connectivity index (χ3n) is 5.50. The maximum absolute atomic E-state index is 11.4. The number of unbranched alkanes of at least 4 members (excludes halogenated alkanes) is 3. The van der Waals surface area contributed by atoms with Gasteiger partial charge < -0.3 is 4.74 Å². The molecule has 0 heterocycles. The first-order valence-electron chi connectivity index (χ1n) is 10.1. The van der Waals surface area contributed by atoms with Crippen LogP contribution in [0, 0.1) is 0 Å². The molecule has 138 valence electrons. The zero-order chi connectivity index (χ0) is 18.6. The van der Waals surface area contributed by atoms with Crippen molar-refractivity contribution in [3.8, 4) is 0 Å².